The van der Waals surface area contributed by atoms with Gasteiger partial charge in [0.25, 0.3) is 5.56 Å². The van der Waals surface area contributed by atoms with Gasteiger partial charge >= 0.3 is 0 Å². The molecule has 2 heterocycles. The van der Waals surface area contributed by atoms with Gasteiger partial charge in [-0.15, -0.1) is 0 Å². The first-order valence-electron chi connectivity index (χ1n) is 6.59. The Bertz CT molecular complexity index is 932. The average Bonchev–Trinajstić information content (AvgIpc) is 2.53. The minimum absolute atomic E-state index is 0.137. The van der Waals surface area contributed by atoms with E-state index in [9.17, 15) is 9.90 Å². The first-order valence-corrected chi connectivity index (χ1v) is 7.78. The number of halogens is 1. The van der Waals surface area contributed by atoms with E-state index in [1.165, 1.54) is 15.9 Å². The monoisotopic (exact) mass is 333 g/mol. The number of aliphatic hydroxyl groups is 1. The van der Waals surface area contributed by atoms with Crippen LogP contribution in [0.4, 0.5) is 5.69 Å². The largest absolute Gasteiger partial charge is 0.395 e. The molecule has 3 aromatic rings. The predicted octanol–water partition coefficient (Wildman–Crippen LogP) is 2.34. The van der Waals surface area contributed by atoms with Crippen molar-refractivity contribution in [3.63, 3.8) is 0 Å². The van der Waals surface area contributed by atoms with Gasteiger partial charge in [-0.3, -0.25) is 9.36 Å². The third kappa shape index (κ3) is 2.94. The van der Waals surface area contributed by atoms with Crippen molar-refractivity contribution in [1.82, 2.24) is 9.55 Å². The quantitative estimate of drug-likeness (QED) is 0.800. The van der Waals surface area contributed by atoms with Crippen molar-refractivity contribution in [1.29, 1.82) is 0 Å². The van der Waals surface area contributed by atoms with Crippen LogP contribution in [-0.2, 0) is 6.54 Å². The highest BCUT2D eigenvalue weighted by Gasteiger charge is 2.07. The molecule has 0 amide bonds. The van der Waals surface area contributed by atoms with Crippen LogP contribution in [0.25, 0.3) is 10.2 Å². The number of benzene rings is 1. The minimum atomic E-state index is -0.205. The van der Waals surface area contributed by atoms with Crippen molar-refractivity contribution in [3.05, 3.63) is 62.8 Å². The Labute approximate surface area is 134 Å². The zero-order valence-corrected chi connectivity index (χ0v) is 13.0. The van der Waals surface area contributed by atoms with Crippen LogP contribution in [0.3, 0.4) is 0 Å². The molecular formula is C15H12ClN3O2S. The molecule has 112 valence electrons. The highest BCUT2D eigenvalue weighted by atomic mass is 35.5. The molecule has 0 radical (unpaired) electrons. The Balaban J connectivity index is 2.29. The highest BCUT2D eigenvalue weighted by molar-refractivity contribution is 7.15. The lowest BCUT2D eigenvalue weighted by Gasteiger charge is -2.05. The SMILES string of the molecule is O=c1c2cccnc2sc(=Nc2ccc(Cl)cc2)n1CCO. The van der Waals surface area contributed by atoms with Crippen molar-refractivity contribution in [2.75, 3.05) is 6.61 Å². The third-order valence-corrected chi connectivity index (χ3v) is 4.31. The van der Waals surface area contributed by atoms with E-state index in [0.717, 1.165) is 0 Å². The fourth-order valence-corrected chi connectivity index (χ4v) is 3.13. The number of aliphatic hydroxyl groups excluding tert-OH is 1. The first kappa shape index (κ1) is 14.9. The topological polar surface area (TPSA) is 67.5 Å². The van der Waals surface area contributed by atoms with Crippen LogP contribution < -0.4 is 10.4 Å². The minimum Gasteiger partial charge on any atom is -0.395 e. The van der Waals surface area contributed by atoms with Crippen molar-refractivity contribution in [2.45, 2.75) is 6.54 Å². The summed E-state index contributed by atoms with van der Waals surface area (Å²) in [5.74, 6) is 0. The number of hydrogen-bond donors (Lipinski definition) is 1. The number of nitrogens with zero attached hydrogens (tertiary/aromatic N) is 3. The second-order valence-electron chi connectivity index (χ2n) is 4.51. The molecule has 0 unspecified atom stereocenters. The van der Waals surface area contributed by atoms with E-state index in [1.807, 2.05) is 0 Å². The molecule has 3 rings (SSSR count). The molecule has 0 saturated carbocycles. The molecule has 0 aliphatic rings. The molecule has 0 bridgehead atoms. The summed E-state index contributed by atoms with van der Waals surface area (Å²) in [6.07, 6.45) is 1.64. The van der Waals surface area contributed by atoms with Gasteiger partial charge in [-0.2, -0.15) is 0 Å². The van der Waals surface area contributed by atoms with E-state index in [2.05, 4.69) is 9.98 Å². The second kappa shape index (κ2) is 6.39. The molecule has 1 aromatic carbocycles. The molecule has 1 N–H and O–H groups in total. The Morgan fingerprint density at radius 1 is 1.27 bits per heavy atom. The smallest absolute Gasteiger partial charge is 0.263 e. The van der Waals surface area contributed by atoms with Crippen LogP contribution >= 0.6 is 22.9 Å². The van der Waals surface area contributed by atoms with Gasteiger partial charge in [0, 0.05) is 11.2 Å². The third-order valence-electron chi connectivity index (χ3n) is 3.04. The van der Waals surface area contributed by atoms with E-state index < -0.39 is 0 Å². The Morgan fingerprint density at radius 3 is 2.77 bits per heavy atom. The van der Waals surface area contributed by atoms with E-state index in [1.54, 1.807) is 42.6 Å². The molecule has 22 heavy (non-hydrogen) atoms. The van der Waals surface area contributed by atoms with Crippen LogP contribution in [0.5, 0.6) is 0 Å². The zero-order valence-electron chi connectivity index (χ0n) is 11.4. The lowest BCUT2D eigenvalue weighted by molar-refractivity contribution is 0.273. The van der Waals surface area contributed by atoms with Crippen LogP contribution in [0.15, 0.2) is 52.4 Å². The summed E-state index contributed by atoms with van der Waals surface area (Å²) in [4.78, 5) is 22.3. The van der Waals surface area contributed by atoms with Gasteiger partial charge in [0.1, 0.15) is 4.83 Å². The number of fused-ring (bicyclic) bond motifs is 1. The molecule has 0 saturated heterocycles. The van der Waals surface area contributed by atoms with Crippen LogP contribution in [0.1, 0.15) is 0 Å². The molecule has 2 aromatic heterocycles. The normalized spacial score (nSPS) is 12.0. The zero-order chi connectivity index (χ0) is 15.5. The van der Waals surface area contributed by atoms with Crippen LogP contribution in [-0.4, -0.2) is 21.3 Å². The summed E-state index contributed by atoms with van der Waals surface area (Å²) in [5.41, 5.74) is 0.477. The predicted molar refractivity (Wildman–Crippen MR) is 87.6 cm³/mol. The van der Waals surface area contributed by atoms with Crippen molar-refractivity contribution in [3.8, 4) is 0 Å². The van der Waals surface area contributed by atoms with Crippen molar-refractivity contribution in [2.24, 2.45) is 4.99 Å². The van der Waals surface area contributed by atoms with E-state index in [0.29, 0.717) is 25.7 Å². The molecule has 0 aliphatic heterocycles. The summed E-state index contributed by atoms with van der Waals surface area (Å²) in [5, 5.41) is 10.4. The molecule has 0 atom stereocenters. The summed E-state index contributed by atoms with van der Waals surface area (Å²) in [7, 11) is 0. The van der Waals surface area contributed by atoms with Gasteiger partial charge in [-0.25, -0.2) is 9.98 Å². The van der Waals surface area contributed by atoms with Gasteiger partial charge in [0.15, 0.2) is 4.80 Å². The Kier molecular flexibility index (Phi) is 4.33. The van der Waals surface area contributed by atoms with Crippen LogP contribution in [0.2, 0.25) is 5.02 Å². The Hall–Kier alpha value is -2.02. The summed E-state index contributed by atoms with van der Waals surface area (Å²) in [6.45, 7) is 0.0497. The van der Waals surface area contributed by atoms with E-state index >= 15 is 0 Å². The second-order valence-corrected chi connectivity index (χ2v) is 5.90. The summed E-state index contributed by atoms with van der Waals surface area (Å²) < 4.78 is 1.46. The number of rotatable bonds is 3. The van der Waals surface area contributed by atoms with E-state index in [-0.39, 0.29) is 18.7 Å². The molecule has 0 aliphatic carbocycles. The average molecular weight is 334 g/mol. The standard InChI is InChI=1S/C15H12ClN3O2S/c16-10-3-5-11(6-4-10)18-15-19(8-9-20)14(21)12-2-1-7-17-13(12)22-15/h1-7,20H,8-9H2. The number of pyridine rings is 1. The van der Waals surface area contributed by atoms with Crippen molar-refractivity contribution < 1.29 is 5.11 Å². The fraction of sp³-hybridized carbons (Fsp3) is 0.133. The van der Waals surface area contributed by atoms with Gasteiger partial charge in [-0.1, -0.05) is 22.9 Å². The maximum absolute atomic E-state index is 12.5. The van der Waals surface area contributed by atoms with Gasteiger partial charge in [-0.05, 0) is 36.4 Å². The highest BCUT2D eigenvalue weighted by Crippen LogP contribution is 2.16. The number of hydrogen-bond acceptors (Lipinski definition) is 5. The van der Waals surface area contributed by atoms with Gasteiger partial charge < -0.3 is 5.11 Å². The molecule has 0 spiro atoms. The van der Waals surface area contributed by atoms with E-state index in [4.69, 9.17) is 11.6 Å². The molecule has 5 nitrogen and oxygen atoms in total. The maximum atomic E-state index is 12.5. The van der Waals surface area contributed by atoms with Gasteiger partial charge in [0.05, 0.1) is 24.2 Å². The molecule has 0 fully saturated rings. The van der Waals surface area contributed by atoms with Gasteiger partial charge in [0.2, 0.25) is 0 Å². The summed E-state index contributed by atoms with van der Waals surface area (Å²) >= 11 is 7.17. The molecule has 7 heteroatoms. The summed E-state index contributed by atoms with van der Waals surface area (Å²) in [6, 6.07) is 10.4. The van der Waals surface area contributed by atoms with Crippen LogP contribution in [0, 0.1) is 0 Å². The number of aromatic nitrogens is 2. The van der Waals surface area contributed by atoms with Crippen molar-refractivity contribution >= 4 is 38.8 Å². The maximum Gasteiger partial charge on any atom is 0.263 e. The lowest BCUT2D eigenvalue weighted by Crippen LogP contribution is -2.33. The first-order chi connectivity index (χ1) is 10.7. The lowest BCUT2D eigenvalue weighted by atomic mass is 10.3. The fourth-order valence-electron chi connectivity index (χ4n) is 2.02. The molecular weight excluding hydrogens is 322 g/mol. The Morgan fingerprint density at radius 2 is 2.05 bits per heavy atom.